The molecule has 6 rings (SSSR count). The van der Waals surface area contributed by atoms with E-state index in [0.29, 0.717) is 0 Å². The van der Waals surface area contributed by atoms with Crippen LogP contribution < -0.4 is 9.47 Å². The van der Waals surface area contributed by atoms with Gasteiger partial charge in [-0.25, -0.2) is 0 Å². The lowest BCUT2D eigenvalue weighted by Crippen LogP contribution is -1.82. The van der Waals surface area contributed by atoms with Gasteiger partial charge in [0, 0.05) is 20.2 Å². The van der Waals surface area contributed by atoms with Crippen LogP contribution in [0.1, 0.15) is 0 Å². The number of benzene rings is 4. The first kappa shape index (κ1) is 16.2. The third kappa shape index (κ3) is 2.13. The standard InChI is InChI=1S/C24H16O2S2/c1-25-15-5-7-17-13(11-15)3-9-19-21(17)23-24(27-19)22-18-8-6-16(26-2)12-14(18)4-10-20(22)28-23/h3-12H,1-2H3. The van der Waals surface area contributed by atoms with Crippen LogP contribution in [0.3, 0.4) is 0 Å². The van der Waals surface area contributed by atoms with Gasteiger partial charge >= 0.3 is 0 Å². The number of hydrogen-bond donors (Lipinski definition) is 0. The van der Waals surface area contributed by atoms with Crippen LogP contribution in [-0.2, 0) is 0 Å². The van der Waals surface area contributed by atoms with Crippen LogP contribution in [0.25, 0.3) is 51.1 Å². The third-order valence-corrected chi connectivity index (χ3v) is 7.94. The summed E-state index contributed by atoms with van der Waals surface area (Å²) >= 11 is 3.79. The molecule has 0 radical (unpaired) electrons. The lowest BCUT2D eigenvalue weighted by Gasteiger charge is -2.04. The number of rotatable bonds is 2. The maximum atomic E-state index is 5.41. The Bertz CT molecular complexity index is 1420. The fourth-order valence-corrected chi connectivity index (χ4v) is 6.86. The Morgan fingerprint density at radius 3 is 1.46 bits per heavy atom. The Morgan fingerprint density at radius 1 is 0.571 bits per heavy atom. The molecular formula is C24H16O2S2. The van der Waals surface area contributed by atoms with E-state index in [1.165, 1.54) is 51.1 Å². The molecule has 0 aliphatic heterocycles. The Hall–Kier alpha value is -2.82. The van der Waals surface area contributed by atoms with Crippen molar-refractivity contribution >= 4 is 73.8 Å². The van der Waals surface area contributed by atoms with Gasteiger partial charge in [0.25, 0.3) is 0 Å². The largest absolute Gasteiger partial charge is 0.497 e. The summed E-state index contributed by atoms with van der Waals surface area (Å²) in [5.74, 6) is 1.80. The normalized spacial score (nSPS) is 11.9. The number of fused-ring (bicyclic) bond motifs is 9. The Kier molecular flexibility index (Phi) is 3.37. The zero-order chi connectivity index (χ0) is 18.8. The molecular weight excluding hydrogens is 384 g/mol. The molecule has 0 unspecified atom stereocenters. The van der Waals surface area contributed by atoms with Gasteiger partial charge in [0.2, 0.25) is 0 Å². The molecule has 0 N–H and O–H groups in total. The molecule has 0 aliphatic carbocycles. The molecule has 0 amide bonds. The molecule has 136 valence electrons. The smallest absolute Gasteiger partial charge is 0.119 e. The van der Waals surface area contributed by atoms with Crippen molar-refractivity contribution in [3.8, 4) is 11.5 Å². The summed E-state index contributed by atoms with van der Waals surface area (Å²) in [6.45, 7) is 0. The van der Waals surface area contributed by atoms with Crippen LogP contribution in [0.5, 0.6) is 11.5 Å². The number of ether oxygens (including phenoxy) is 2. The van der Waals surface area contributed by atoms with Crippen LogP contribution in [0.4, 0.5) is 0 Å². The van der Waals surface area contributed by atoms with Crippen molar-refractivity contribution in [1.82, 2.24) is 0 Å². The summed E-state index contributed by atoms with van der Waals surface area (Å²) in [7, 11) is 3.43. The van der Waals surface area contributed by atoms with Gasteiger partial charge < -0.3 is 9.47 Å². The Balaban J connectivity index is 1.77. The van der Waals surface area contributed by atoms with Gasteiger partial charge in [-0.1, -0.05) is 12.1 Å². The molecule has 28 heavy (non-hydrogen) atoms. The van der Waals surface area contributed by atoms with E-state index >= 15 is 0 Å². The lowest BCUT2D eigenvalue weighted by atomic mass is 10.0. The van der Waals surface area contributed by atoms with Crippen LogP contribution in [0.15, 0.2) is 60.7 Å². The molecule has 0 spiro atoms. The van der Waals surface area contributed by atoms with E-state index in [2.05, 4.69) is 60.7 Å². The van der Waals surface area contributed by atoms with Crippen molar-refractivity contribution in [2.45, 2.75) is 0 Å². The van der Waals surface area contributed by atoms with Crippen LogP contribution >= 0.6 is 22.7 Å². The summed E-state index contributed by atoms with van der Waals surface area (Å²) in [4.78, 5) is 0. The van der Waals surface area contributed by atoms with Gasteiger partial charge in [-0.2, -0.15) is 0 Å². The zero-order valence-electron chi connectivity index (χ0n) is 15.4. The molecule has 0 saturated heterocycles. The first-order chi connectivity index (χ1) is 13.8. The number of thiophene rings is 2. The second kappa shape index (κ2) is 5.84. The summed E-state index contributed by atoms with van der Waals surface area (Å²) in [5.41, 5.74) is 0. The monoisotopic (exact) mass is 400 g/mol. The Morgan fingerprint density at radius 2 is 1.04 bits per heavy atom. The number of hydrogen-bond acceptors (Lipinski definition) is 4. The molecule has 2 aromatic heterocycles. The molecule has 0 fully saturated rings. The summed E-state index contributed by atoms with van der Waals surface area (Å²) in [6.07, 6.45) is 0. The highest BCUT2D eigenvalue weighted by atomic mass is 32.1. The summed E-state index contributed by atoms with van der Waals surface area (Å²) in [6, 6.07) is 21.6. The van der Waals surface area contributed by atoms with Gasteiger partial charge in [0.1, 0.15) is 11.5 Å². The Labute approximate surface area is 169 Å². The van der Waals surface area contributed by atoms with Crippen molar-refractivity contribution < 1.29 is 9.47 Å². The zero-order valence-corrected chi connectivity index (χ0v) is 17.0. The fraction of sp³-hybridized carbons (Fsp3) is 0.0833. The van der Waals surface area contributed by atoms with Crippen molar-refractivity contribution in [3.05, 3.63) is 60.7 Å². The van der Waals surface area contributed by atoms with E-state index in [1.54, 1.807) is 14.2 Å². The average molecular weight is 401 g/mol. The molecule has 0 bridgehead atoms. The molecule has 4 heteroatoms. The second-order valence-corrected chi connectivity index (χ2v) is 9.02. The fourth-order valence-electron chi connectivity index (χ4n) is 4.11. The average Bonchev–Trinajstić information content (AvgIpc) is 3.28. The lowest BCUT2D eigenvalue weighted by molar-refractivity contribution is 0.415. The molecule has 0 atom stereocenters. The number of methoxy groups -OCH3 is 2. The molecule has 0 saturated carbocycles. The van der Waals surface area contributed by atoms with E-state index in [9.17, 15) is 0 Å². The van der Waals surface area contributed by atoms with Crippen molar-refractivity contribution in [1.29, 1.82) is 0 Å². The quantitative estimate of drug-likeness (QED) is 0.298. The molecule has 2 heterocycles. The molecule has 6 aromatic rings. The van der Waals surface area contributed by atoms with Crippen LogP contribution in [0, 0.1) is 0 Å². The highest BCUT2D eigenvalue weighted by Crippen LogP contribution is 2.48. The van der Waals surface area contributed by atoms with E-state index in [-0.39, 0.29) is 0 Å². The third-order valence-electron chi connectivity index (χ3n) is 5.46. The van der Waals surface area contributed by atoms with E-state index in [0.717, 1.165) is 11.5 Å². The minimum Gasteiger partial charge on any atom is -0.497 e. The molecule has 0 aliphatic rings. The van der Waals surface area contributed by atoms with Gasteiger partial charge in [-0.15, -0.1) is 22.7 Å². The van der Waals surface area contributed by atoms with Gasteiger partial charge in [-0.3, -0.25) is 0 Å². The van der Waals surface area contributed by atoms with Gasteiger partial charge in [0.05, 0.1) is 23.6 Å². The van der Waals surface area contributed by atoms with Crippen molar-refractivity contribution in [2.75, 3.05) is 14.2 Å². The SMILES string of the molecule is COc1ccc2c(ccc3sc4c(sc5ccc6cc(OC)ccc6c54)c32)c1. The van der Waals surface area contributed by atoms with Crippen molar-refractivity contribution in [3.63, 3.8) is 0 Å². The highest BCUT2D eigenvalue weighted by molar-refractivity contribution is 7.37. The van der Waals surface area contributed by atoms with E-state index in [4.69, 9.17) is 9.47 Å². The molecule has 4 aromatic carbocycles. The second-order valence-electron chi connectivity index (χ2n) is 6.91. The topological polar surface area (TPSA) is 18.5 Å². The van der Waals surface area contributed by atoms with Gasteiger partial charge in [0.15, 0.2) is 0 Å². The maximum absolute atomic E-state index is 5.41. The maximum Gasteiger partial charge on any atom is 0.119 e. The van der Waals surface area contributed by atoms with Crippen LogP contribution in [-0.4, -0.2) is 14.2 Å². The first-order valence-corrected chi connectivity index (χ1v) is 10.7. The minimum atomic E-state index is 0.898. The summed E-state index contributed by atoms with van der Waals surface area (Å²) < 4.78 is 16.3. The minimum absolute atomic E-state index is 0.898. The predicted molar refractivity (Wildman–Crippen MR) is 123 cm³/mol. The first-order valence-electron chi connectivity index (χ1n) is 9.09. The van der Waals surface area contributed by atoms with Gasteiger partial charge in [-0.05, 0) is 70.1 Å². The highest BCUT2D eigenvalue weighted by Gasteiger charge is 2.16. The van der Waals surface area contributed by atoms with E-state index < -0.39 is 0 Å². The van der Waals surface area contributed by atoms with Crippen LogP contribution in [0.2, 0.25) is 0 Å². The predicted octanol–water partition coefficient (Wildman–Crippen LogP) is 7.59. The summed E-state index contributed by atoms with van der Waals surface area (Å²) in [5, 5.41) is 7.76. The van der Waals surface area contributed by atoms with E-state index in [1.807, 2.05) is 22.7 Å². The van der Waals surface area contributed by atoms with Crippen molar-refractivity contribution in [2.24, 2.45) is 0 Å². The molecule has 2 nitrogen and oxygen atoms in total.